The third kappa shape index (κ3) is 6.78. The van der Waals surface area contributed by atoms with Crippen LogP contribution in [0.15, 0.2) is 54.6 Å². The van der Waals surface area contributed by atoms with Gasteiger partial charge in [-0.1, -0.05) is 54.6 Å². The van der Waals surface area contributed by atoms with Crippen LogP contribution in [0, 0.1) is 0 Å². The van der Waals surface area contributed by atoms with Crippen molar-refractivity contribution in [1.29, 1.82) is 0 Å². The topological polar surface area (TPSA) is 84.9 Å². The first kappa shape index (κ1) is 23.2. The molecule has 0 aromatic heterocycles. The molecule has 2 unspecified atom stereocenters. The van der Waals surface area contributed by atoms with Crippen LogP contribution in [0.1, 0.15) is 18.4 Å². The Morgan fingerprint density at radius 1 is 1.10 bits per heavy atom. The van der Waals surface area contributed by atoms with E-state index in [1.165, 1.54) is 0 Å². The number of hydrogen-bond acceptors (Lipinski definition) is 5. The number of rotatable bonds is 8. The van der Waals surface area contributed by atoms with Crippen molar-refractivity contribution in [3.05, 3.63) is 60.2 Å². The minimum atomic E-state index is -3.42. The Kier molecular flexibility index (Phi) is 8.06. The summed E-state index contributed by atoms with van der Waals surface area (Å²) in [5.74, 6) is 0. The number of hydrogen-bond donors (Lipinski definition) is 1. The molecule has 0 aliphatic carbocycles. The number of sulfonamides is 1. The Balaban J connectivity index is 1.85. The van der Waals surface area contributed by atoms with Crippen LogP contribution in [0.5, 0.6) is 0 Å². The number of ether oxygens (including phenoxy) is 2. The average Bonchev–Trinajstić information content (AvgIpc) is 2.75. The number of methoxy groups -OCH3 is 1. The lowest BCUT2D eigenvalue weighted by Crippen LogP contribution is -2.57. The lowest BCUT2D eigenvalue weighted by atomic mass is 9.90. The molecule has 168 valence electrons. The number of benzene rings is 2. The summed E-state index contributed by atoms with van der Waals surface area (Å²) in [4.78, 5) is 14.4. The minimum absolute atomic E-state index is 0.159. The number of nitrogens with zero attached hydrogens (tertiary/aromatic N) is 1. The van der Waals surface area contributed by atoms with E-state index in [1.807, 2.05) is 48.5 Å². The summed E-state index contributed by atoms with van der Waals surface area (Å²) in [6.07, 6.45) is 2.59. The third-order valence-corrected chi connectivity index (χ3v) is 6.10. The molecule has 0 radical (unpaired) electrons. The zero-order valence-electron chi connectivity index (χ0n) is 18.0. The van der Waals surface area contributed by atoms with E-state index < -0.39 is 16.1 Å². The fourth-order valence-corrected chi connectivity index (χ4v) is 4.82. The van der Waals surface area contributed by atoms with Gasteiger partial charge in [0.05, 0.1) is 18.9 Å². The van der Waals surface area contributed by atoms with E-state index in [1.54, 1.807) is 12.0 Å². The van der Waals surface area contributed by atoms with Crippen LogP contribution in [-0.2, 0) is 25.9 Å². The SMILES string of the molecule is COCCOC(=O)N1CCCC(NS(C)(=O)=O)C1Cc1cccc(-c2ccccc2)c1. The van der Waals surface area contributed by atoms with Gasteiger partial charge in [-0.3, -0.25) is 0 Å². The van der Waals surface area contributed by atoms with E-state index in [9.17, 15) is 13.2 Å². The van der Waals surface area contributed by atoms with E-state index in [2.05, 4.69) is 10.8 Å². The van der Waals surface area contributed by atoms with Gasteiger partial charge in [0.1, 0.15) is 6.61 Å². The smallest absolute Gasteiger partial charge is 0.410 e. The van der Waals surface area contributed by atoms with E-state index in [-0.39, 0.29) is 18.7 Å². The summed E-state index contributed by atoms with van der Waals surface area (Å²) in [5, 5.41) is 0. The molecule has 0 bridgehead atoms. The summed E-state index contributed by atoms with van der Waals surface area (Å²) in [6.45, 7) is 0.997. The summed E-state index contributed by atoms with van der Waals surface area (Å²) in [7, 11) is -1.87. The van der Waals surface area contributed by atoms with Crippen LogP contribution in [0.2, 0.25) is 0 Å². The molecule has 1 N–H and O–H groups in total. The van der Waals surface area contributed by atoms with Gasteiger partial charge in [0.25, 0.3) is 0 Å². The number of piperidine rings is 1. The lowest BCUT2D eigenvalue weighted by molar-refractivity contribution is 0.0466. The van der Waals surface area contributed by atoms with E-state index in [4.69, 9.17) is 9.47 Å². The quantitative estimate of drug-likeness (QED) is 0.630. The molecule has 0 saturated carbocycles. The first-order valence-electron chi connectivity index (χ1n) is 10.4. The highest BCUT2D eigenvalue weighted by Gasteiger charge is 2.36. The third-order valence-electron chi connectivity index (χ3n) is 5.37. The monoisotopic (exact) mass is 446 g/mol. The molecular weight excluding hydrogens is 416 g/mol. The molecule has 1 heterocycles. The van der Waals surface area contributed by atoms with Gasteiger partial charge >= 0.3 is 6.09 Å². The van der Waals surface area contributed by atoms with Crippen molar-refractivity contribution in [2.24, 2.45) is 0 Å². The van der Waals surface area contributed by atoms with E-state index in [0.29, 0.717) is 32.4 Å². The molecule has 2 atom stereocenters. The van der Waals surface area contributed by atoms with Crippen LogP contribution in [-0.4, -0.2) is 64.6 Å². The maximum absolute atomic E-state index is 12.7. The van der Waals surface area contributed by atoms with Crippen LogP contribution in [0.25, 0.3) is 11.1 Å². The molecule has 3 rings (SSSR count). The van der Waals surface area contributed by atoms with Crippen molar-refractivity contribution in [3.63, 3.8) is 0 Å². The van der Waals surface area contributed by atoms with Gasteiger partial charge in [0.15, 0.2) is 0 Å². The molecule has 1 aliphatic heterocycles. The van der Waals surface area contributed by atoms with Crippen LogP contribution < -0.4 is 4.72 Å². The second-order valence-corrected chi connectivity index (χ2v) is 9.56. The predicted octanol–water partition coefficient (Wildman–Crippen LogP) is 3.06. The predicted molar refractivity (Wildman–Crippen MR) is 120 cm³/mol. The van der Waals surface area contributed by atoms with Crippen LogP contribution >= 0.6 is 0 Å². The summed E-state index contributed by atoms with van der Waals surface area (Å²) >= 11 is 0. The highest BCUT2D eigenvalue weighted by Crippen LogP contribution is 2.26. The Hall–Kier alpha value is -2.42. The van der Waals surface area contributed by atoms with Gasteiger partial charge in [-0.2, -0.15) is 0 Å². The molecule has 31 heavy (non-hydrogen) atoms. The molecule has 2 aromatic carbocycles. The fourth-order valence-electron chi connectivity index (χ4n) is 3.99. The maximum Gasteiger partial charge on any atom is 0.410 e. The van der Waals surface area contributed by atoms with Gasteiger partial charge in [-0.15, -0.1) is 0 Å². The van der Waals surface area contributed by atoms with E-state index in [0.717, 1.165) is 22.9 Å². The highest BCUT2D eigenvalue weighted by atomic mass is 32.2. The summed E-state index contributed by atoms with van der Waals surface area (Å²) in [6, 6.07) is 17.5. The Morgan fingerprint density at radius 3 is 2.55 bits per heavy atom. The van der Waals surface area contributed by atoms with Crippen LogP contribution in [0.4, 0.5) is 4.79 Å². The molecule has 1 aliphatic rings. The zero-order chi connectivity index (χ0) is 22.3. The van der Waals surface area contributed by atoms with Crippen LogP contribution in [0.3, 0.4) is 0 Å². The van der Waals surface area contributed by atoms with Crippen molar-refractivity contribution >= 4 is 16.1 Å². The second kappa shape index (κ2) is 10.7. The van der Waals surface area contributed by atoms with Crippen molar-refractivity contribution in [3.8, 4) is 11.1 Å². The Labute approximate surface area is 184 Å². The van der Waals surface area contributed by atoms with E-state index >= 15 is 0 Å². The number of likely N-dealkylation sites (tertiary alicyclic amines) is 1. The fraction of sp³-hybridized carbons (Fsp3) is 0.435. The van der Waals surface area contributed by atoms with Gasteiger partial charge < -0.3 is 14.4 Å². The summed E-state index contributed by atoms with van der Waals surface area (Å²) in [5.41, 5.74) is 3.22. The Morgan fingerprint density at radius 2 is 1.84 bits per heavy atom. The van der Waals surface area contributed by atoms with Gasteiger partial charge in [-0.25, -0.2) is 17.9 Å². The van der Waals surface area contributed by atoms with Crippen molar-refractivity contribution in [2.45, 2.75) is 31.3 Å². The molecule has 8 heteroatoms. The van der Waals surface area contributed by atoms with Gasteiger partial charge in [0, 0.05) is 19.7 Å². The normalized spacial score (nSPS) is 19.2. The number of carbonyl (C=O) groups is 1. The summed E-state index contributed by atoms with van der Waals surface area (Å²) < 4.78 is 37.0. The van der Waals surface area contributed by atoms with Gasteiger partial charge in [0.2, 0.25) is 10.0 Å². The molecule has 0 spiro atoms. The maximum atomic E-state index is 12.7. The highest BCUT2D eigenvalue weighted by molar-refractivity contribution is 7.88. The number of amides is 1. The van der Waals surface area contributed by atoms with Crippen molar-refractivity contribution < 1.29 is 22.7 Å². The number of nitrogens with one attached hydrogen (secondary N) is 1. The van der Waals surface area contributed by atoms with Crippen molar-refractivity contribution in [2.75, 3.05) is 33.1 Å². The zero-order valence-corrected chi connectivity index (χ0v) is 18.8. The largest absolute Gasteiger partial charge is 0.447 e. The Bertz CT molecular complexity index is 965. The lowest BCUT2D eigenvalue weighted by Gasteiger charge is -2.40. The minimum Gasteiger partial charge on any atom is -0.447 e. The molecule has 1 saturated heterocycles. The molecule has 7 nitrogen and oxygen atoms in total. The van der Waals surface area contributed by atoms with Crippen molar-refractivity contribution in [1.82, 2.24) is 9.62 Å². The first-order valence-corrected chi connectivity index (χ1v) is 12.3. The standard InChI is InChI=1S/C23H30N2O5S/c1-29-14-15-30-23(26)25-13-7-12-21(24-31(2,27)28)22(25)17-18-8-6-11-20(16-18)19-9-4-3-5-10-19/h3-6,8-11,16,21-22,24H,7,12-15,17H2,1-2H3. The second-order valence-electron chi connectivity index (χ2n) is 7.78. The first-order chi connectivity index (χ1) is 14.9. The van der Waals surface area contributed by atoms with Gasteiger partial charge in [-0.05, 0) is 36.0 Å². The molecule has 1 amide bonds. The molecule has 2 aromatic rings. The molecule has 1 fully saturated rings. The molecular formula is C23H30N2O5S. The number of carbonyl (C=O) groups excluding carboxylic acids is 1. The average molecular weight is 447 g/mol.